The fourth-order valence-corrected chi connectivity index (χ4v) is 2.25. The van der Waals surface area contributed by atoms with Gasteiger partial charge in [0.05, 0.1) is 24.8 Å². The number of ether oxygens (including phenoxy) is 2. The fraction of sp³-hybridized carbons (Fsp3) is 0.235. The third-order valence-electron chi connectivity index (χ3n) is 3.35. The Balaban J connectivity index is 1.74. The molecule has 0 atom stereocenters. The van der Waals surface area contributed by atoms with E-state index in [1.54, 1.807) is 12.1 Å². The maximum Gasteiger partial charge on any atom is 0.166 e. The fourth-order valence-electron chi connectivity index (χ4n) is 2.25. The molecule has 2 aromatic rings. The first-order chi connectivity index (χ1) is 10.4. The van der Waals surface area contributed by atoms with Crippen LogP contribution in [0.1, 0.15) is 17.5 Å². The van der Waals surface area contributed by atoms with Crippen molar-refractivity contribution < 1.29 is 9.47 Å². The molecule has 4 nitrogen and oxygen atoms in total. The van der Waals surface area contributed by atoms with E-state index in [9.17, 15) is 0 Å². The lowest BCUT2D eigenvalue weighted by Crippen LogP contribution is -2.03. The summed E-state index contributed by atoms with van der Waals surface area (Å²) in [5.41, 5.74) is 2.70. The summed E-state index contributed by atoms with van der Waals surface area (Å²) in [7, 11) is 0. The molecular weight excluding hydrogens is 264 g/mol. The van der Waals surface area contributed by atoms with E-state index >= 15 is 0 Å². The number of nitriles is 1. The van der Waals surface area contributed by atoms with Crippen molar-refractivity contribution in [2.75, 3.05) is 18.5 Å². The summed E-state index contributed by atoms with van der Waals surface area (Å²) in [5, 5.41) is 12.1. The summed E-state index contributed by atoms with van der Waals surface area (Å²) < 4.78 is 11.5. The van der Waals surface area contributed by atoms with E-state index in [1.807, 2.05) is 30.3 Å². The zero-order valence-corrected chi connectivity index (χ0v) is 11.6. The van der Waals surface area contributed by atoms with Crippen LogP contribution in [-0.2, 0) is 6.54 Å². The minimum Gasteiger partial charge on any atom is -0.490 e. The maximum atomic E-state index is 8.79. The van der Waals surface area contributed by atoms with Gasteiger partial charge in [-0.3, -0.25) is 0 Å². The highest BCUT2D eigenvalue weighted by molar-refractivity contribution is 5.51. The van der Waals surface area contributed by atoms with Gasteiger partial charge in [0.2, 0.25) is 0 Å². The van der Waals surface area contributed by atoms with Gasteiger partial charge in [-0.15, -0.1) is 0 Å². The van der Waals surface area contributed by atoms with E-state index in [1.165, 1.54) is 0 Å². The van der Waals surface area contributed by atoms with Crippen molar-refractivity contribution in [3.05, 3.63) is 53.6 Å². The molecule has 0 unspecified atom stereocenters. The predicted octanol–water partition coefficient (Wildman–Crippen LogP) is 3.33. The van der Waals surface area contributed by atoms with Crippen LogP contribution in [0.15, 0.2) is 42.5 Å². The Kier molecular flexibility index (Phi) is 3.92. The zero-order valence-electron chi connectivity index (χ0n) is 11.6. The highest BCUT2D eigenvalue weighted by atomic mass is 16.5. The average Bonchev–Trinajstić information content (AvgIpc) is 2.79. The third kappa shape index (κ3) is 3.09. The van der Waals surface area contributed by atoms with Crippen LogP contribution in [0, 0.1) is 11.3 Å². The number of fused-ring (bicyclic) bond motifs is 1. The largest absolute Gasteiger partial charge is 0.490 e. The van der Waals surface area contributed by atoms with Crippen molar-refractivity contribution in [1.29, 1.82) is 5.26 Å². The molecule has 0 aromatic heterocycles. The van der Waals surface area contributed by atoms with Gasteiger partial charge in [-0.2, -0.15) is 5.26 Å². The number of hydrogen-bond acceptors (Lipinski definition) is 4. The first kappa shape index (κ1) is 13.3. The Labute approximate surface area is 123 Å². The zero-order chi connectivity index (χ0) is 14.5. The second-order valence-electron chi connectivity index (χ2n) is 4.84. The topological polar surface area (TPSA) is 54.3 Å². The number of nitrogens with zero attached hydrogens (tertiary/aromatic N) is 1. The Morgan fingerprint density at radius 2 is 1.86 bits per heavy atom. The number of rotatable bonds is 3. The summed E-state index contributed by atoms with van der Waals surface area (Å²) in [6.07, 6.45) is 0.900. The number of hydrogen-bond donors (Lipinski definition) is 1. The molecule has 0 saturated carbocycles. The summed E-state index contributed by atoms with van der Waals surface area (Å²) in [5.74, 6) is 1.64. The Morgan fingerprint density at radius 1 is 1.05 bits per heavy atom. The number of anilines is 1. The van der Waals surface area contributed by atoms with Crippen molar-refractivity contribution >= 4 is 5.69 Å². The summed E-state index contributed by atoms with van der Waals surface area (Å²) in [4.78, 5) is 0. The molecule has 0 aliphatic carbocycles. The van der Waals surface area contributed by atoms with Gasteiger partial charge in [-0.25, -0.2) is 0 Å². The van der Waals surface area contributed by atoms with E-state index in [0.717, 1.165) is 29.2 Å². The van der Waals surface area contributed by atoms with Gasteiger partial charge in [0, 0.05) is 24.2 Å². The standard InChI is InChI=1S/C17H16N2O2/c18-11-13-5-7-15(8-6-13)19-12-14-3-1-4-16-17(14)21-10-2-9-20-16/h1,3-8,19H,2,9-10,12H2. The van der Waals surface area contributed by atoms with Gasteiger partial charge in [-0.05, 0) is 30.3 Å². The predicted molar refractivity (Wildman–Crippen MR) is 80.5 cm³/mol. The SMILES string of the molecule is N#Cc1ccc(NCc2cccc3c2OCCCO3)cc1. The van der Waals surface area contributed by atoms with Crippen LogP contribution in [-0.4, -0.2) is 13.2 Å². The molecule has 0 saturated heterocycles. The number of para-hydroxylation sites is 1. The number of nitrogens with one attached hydrogen (secondary N) is 1. The van der Waals surface area contributed by atoms with Gasteiger partial charge >= 0.3 is 0 Å². The molecule has 0 spiro atoms. The molecule has 1 N–H and O–H groups in total. The molecule has 0 amide bonds. The second kappa shape index (κ2) is 6.19. The van der Waals surface area contributed by atoms with E-state index in [4.69, 9.17) is 14.7 Å². The van der Waals surface area contributed by atoms with Gasteiger partial charge in [0.1, 0.15) is 0 Å². The van der Waals surface area contributed by atoms with E-state index in [0.29, 0.717) is 25.3 Å². The first-order valence-corrected chi connectivity index (χ1v) is 6.98. The van der Waals surface area contributed by atoms with Gasteiger partial charge in [0.25, 0.3) is 0 Å². The van der Waals surface area contributed by atoms with Crippen LogP contribution >= 0.6 is 0 Å². The van der Waals surface area contributed by atoms with Crippen molar-refractivity contribution in [2.24, 2.45) is 0 Å². The van der Waals surface area contributed by atoms with Crippen molar-refractivity contribution in [3.8, 4) is 17.6 Å². The number of benzene rings is 2. The summed E-state index contributed by atoms with van der Waals surface area (Å²) in [6.45, 7) is 2.03. The normalized spacial score (nSPS) is 13.1. The molecule has 4 heteroatoms. The van der Waals surface area contributed by atoms with Crippen LogP contribution in [0.2, 0.25) is 0 Å². The second-order valence-corrected chi connectivity index (χ2v) is 4.84. The van der Waals surface area contributed by atoms with Gasteiger partial charge in [0.15, 0.2) is 11.5 Å². The highest BCUT2D eigenvalue weighted by Gasteiger charge is 2.14. The Bertz CT molecular complexity index is 659. The highest BCUT2D eigenvalue weighted by Crippen LogP contribution is 2.33. The lowest BCUT2D eigenvalue weighted by molar-refractivity contribution is 0.296. The molecule has 1 heterocycles. The van der Waals surface area contributed by atoms with Gasteiger partial charge < -0.3 is 14.8 Å². The maximum absolute atomic E-state index is 8.79. The van der Waals surface area contributed by atoms with Crippen LogP contribution in [0.4, 0.5) is 5.69 Å². The van der Waals surface area contributed by atoms with Crippen LogP contribution < -0.4 is 14.8 Å². The average molecular weight is 280 g/mol. The third-order valence-corrected chi connectivity index (χ3v) is 3.35. The van der Waals surface area contributed by atoms with E-state index < -0.39 is 0 Å². The van der Waals surface area contributed by atoms with Gasteiger partial charge in [-0.1, -0.05) is 12.1 Å². The van der Waals surface area contributed by atoms with E-state index in [-0.39, 0.29) is 0 Å². The molecule has 106 valence electrons. The summed E-state index contributed by atoms with van der Waals surface area (Å²) in [6, 6.07) is 15.5. The lowest BCUT2D eigenvalue weighted by Gasteiger charge is -2.13. The Hall–Kier alpha value is -2.67. The molecular formula is C17H16N2O2. The van der Waals surface area contributed by atoms with Crippen LogP contribution in [0.3, 0.4) is 0 Å². The minimum absolute atomic E-state index is 0.651. The molecule has 1 aliphatic heterocycles. The Morgan fingerprint density at radius 3 is 2.67 bits per heavy atom. The monoisotopic (exact) mass is 280 g/mol. The van der Waals surface area contributed by atoms with Crippen molar-refractivity contribution in [3.63, 3.8) is 0 Å². The molecule has 0 radical (unpaired) electrons. The van der Waals surface area contributed by atoms with Crippen molar-refractivity contribution in [1.82, 2.24) is 0 Å². The van der Waals surface area contributed by atoms with Crippen LogP contribution in [0.25, 0.3) is 0 Å². The lowest BCUT2D eigenvalue weighted by atomic mass is 10.1. The molecule has 0 bridgehead atoms. The quantitative estimate of drug-likeness (QED) is 0.937. The molecule has 1 aliphatic rings. The first-order valence-electron chi connectivity index (χ1n) is 6.98. The smallest absolute Gasteiger partial charge is 0.166 e. The molecule has 3 rings (SSSR count). The molecule has 0 fully saturated rings. The van der Waals surface area contributed by atoms with Crippen LogP contribution in [0.5, 0.6) is 11.5 Å². The summed E-state index contributed by atoms with van der Waals surface area (Å²) >= 11 is 0. The molecule has 2 aromatic carbocycles. The minimum atomic E-state index is 0.651. The van der Waals surface area contributed by atoms with E-state index in [2.05, 4.69) is 11.4 Å². The van der Waals surface area contributed by atoms with Crippen molar-refractivity contribution in [2.45, 2.75) is 13.0 Å². The molecule has 21 heavy (non-hydrogen) atoms.